The van der Waals surface area contributed by atoms with Crippen LogP contribution in [-0.4, -0.2) is 22.7 Å². The summed E-state index contributed by atoms with van der Waals surface area (Å²) in [5.41, 5.74) is 1.75. The number of aryl methyl sites for hydroxylation is 1. The van der Waals surface area contributed by atoms with E-state index in [-0.39, 0.29) is 29.1 Å². The summed E-state index contributed by atoms with van der Waals surface area (Å²) in [6.07, 6.45) is 1.89. The van der Waals surface area contributed by atoms with Crippen LogP contribution >= 0.6 is 11.8 Å². The van der Waals surface area contributed by atoms with E-state index >= 15 is 0 Å². The number of hydrogen-bond acceptors (Lipinski definition) is 5. The number of hydrogen-bond donors (Lipinski definition) is 1. The van der Waals surface area contributed by atoms with Gasteiger partial charge in [0.15, 0.2) is 5.78 Å². The number of carbonyl (C=O) groups excluding carboxylic acids is 2. The topological polar surface area (TPSA) is 82.8 Å². The second kappa shape index (κ2) is 7.89. The maximum Gasteiger partial charge on any atom is 0.238 e. The predicted molar refractivity (Wildman–Crippen MR) is 99.9 cm³/mol. The lowest BCUT2D eigenvalue weighted by atomic mass is 10.1. The van der Waals surface area contributed by atoms with E-state index in [9.17, 15) is 19.2 Å². The molecule has 1 N–H and O–H groups in total. The Kier molecular flexibility index (Phi) is 5.57. The number of nitrogens with zero attached hydrogens (tertiary/aromatic N) is 2. The van der Waals surface area contributed by atoms with Crippen LogP contribution in [0.5, 0.6) is 0 Å². The Labute approximate surface area is 161 Å². The second-order valence-corrected chi connectivity index (χ2v) is 7.57. The van der Waals surface area contributed by atoms with Gasteiger partial charge in [-0.1, -0.05) is 23.9 Å². The fourth-order valence-electron chi connectivity index (χ4n) is 2.64. The first kappa shape index (κ1) is 19.1. The number of rotatable bonds is 6. The number of amides is 1. The normalized spacial score (nSPS) is 14.3. The van der Waals surface area contributed by atoms with Gasteiger partial charge in [-0.15, -0.1) is 0 Å². The van der Waals surface area contributed by atoms with Crippen LogP contribution in [0.3, 0.4) is 0 Å². The quantitative estimate of drug-likeness (QED) is 0.607. The average molecular weight is 383 g/mol. The molecule has 1 aliphatic rings. The van der Waals surface area contributed by atoms with Gasteiger partial charge in [-0.2, -0.15) is 5.26 Å². The van der Waals surface area contributed by atoms with Gasteiger partial charge in [0.25, 0.3) is 0 Å². The first-order valence-electron chi connectivity index (χ1n) is 8.54. The maximum absolute atomic E-state index is 13.3. The first-order valence-corrected chi connectivity index (χ1v) is 9.42. The van der Waals surface area contributed by atoms with Crippen LogP contribution in [0.4, 0.5) is 4.39 Å². The molecule has 1 unspecified atom stereocenters. The second-order valence-electron chi connectivity index (χ2n) is 6.47. The third-order valence-corrected chi connectivity index (χ3v) is 5.50. The molecular weight excluding hydrogens is 365 g/mol. The van der Waals surface area contributed by atoms with Crippen LogP contribution in [0.1, 0.15) is 52.2 Å². The SMILES string of the molecule is CC(=O)c1cc(C#N)c(SC(C(=O)NC2CC2)c2ccc(F)cc2)nc1C. The molecule has 27 heavy (non-hydrogen) atoms. The van der Waals surface area contributed by atoms with Crippen molar-refractivity contribution in [3.63, 3.8) is 0 Å². The van der Waals surface area contributed by atoms with Crippen LogP contribution in [0.15, 0.2) is 35.4 Å². The third kappa shape index (κ3) is 4.52. The van der Waals surface area contributed by atoms with E-state index in [0.717, 1.165) is 24.6 Å². The minimum Gasteiger partial charge on any atom is -0.352 e. The van der Waals surface area contributed by atoms with Crippen LogP contribution < -0.4 is 5.32 Å². The van der Waals surface area contributed by atoms with Gasteiger partial charge < -0.3 is 5.32 Å². The van der Waals surface area contributed by atoms with E-state index in [1.54, 1.807) is 19.1 Å². The molecule has 7 heteroatoms. The van der Waals surface area contributed by atoms with E-state index in [1.807, 2.05) is 6.07 Å². The Hall–Kier alpha value is -2.72. The molecule has 1 heterocycles. The number of pyridine rings is 1. The lowest BCUT2D eigenvalue weighted by molar-refractivity contribution is -0.120. The Bertz CT molecular complexity index is 933. The fourth-order valence-corrected chi connectivity index (χ4v) is 3.75. The number of aromatic nitrogens is 1. The molecular formula is C20H18FN3O2S. The van der Waals surface area contributed by atoms with Crippen molar-refractivity contribution >= 4 is 23.5 Å². The van der Waals surface area contributed by atoms with Crippen molar-refractivity contribution in [2.45, 2.75) is 43.0 Å². The summed E-state index contributed by atoms with van der Waals surface area (Å²) in [5.74, 6) is -0.759. The van der Waals surface area contributed by atoms with Crippen LogP contribution in [-0.2, 0) is 4.79 Å². The summed E-state index contributed by atoms with van der Waals surface area (Å²) in [7, 11) is 0. The molecule has 1 fully saturated rings. The van der Waals surface area contributed by atoms with E-state index < -0.39 is 5.25 Å². The molecule has 1 aromatic heterocycles. The zero-order valence-electron chi connectivity index (χ0n) is 15.0. The molecule has 0 radical (unpaired) electrons. The number of nitriles is 1. The molecule has 1 aromatic carbocycles. The first-order chi connectivity index (χ1) is 12.9. The molecule has 0 bridgehead atoms. The van der Waals surface area contributed by atoms with Gasteiger partial charge in [0.1, 0.15) is 22.2 Å². The molecule has 138 valence electrons. The Morgan fingerprint density at radius 3 is 2.56 bits per heavy atom. The van der Waals surface area contributed by atoms with Crippen molar-refractivity contribution in [1.29, 1.82) is 5.26 Å². The molecule has 1 atom stereocenters. The average Bonchev–Trinajstić information content (AvgIpc) is 3.44. The van der Waals surface area contributed by atoms with Crippen LogP contribution in [0.2, 0.25) is 0 Å². The monoisotopic (exact) mass is 383 g/mol. The van der Waals surface area contributed by atoms with Crippen molar-refractivity contribution in [3.05, 3.63) is 58.5 Å². The summed E-state index contributed by atoms with van der Waals surface area (Å²) in [6, 6.07) is 9.45. The standard InChI is InChI=1S/C20H18FN3O2S/c1-11-17(12(2)25)9-14(10-22)20(23-11)27-18(19(26)24-16-7-8-16)13-3-5-15(21)6-4-13/h3-6,9,16,18H,7-8H2,1-2H3,(H,24,26). The molecule has 1 aliphatic carbocycles. The van der Waals surface area contributed by atoms with Gasteiger partial charge in [-0.3, -0.25) is 9.59 Å². The summed E-state index contributed by atoms with van der Waals surface area (Å²) in [5, 5.41) is 12.1. The number of benzene rings is 1. The summed E-state index contributed by atoms with van der Waals surface area (Å²) in [4.78, 5) is 28.8. The van der Waals surface area contributed by atoms with E-state index in [1.165, 1.54) is 25.1 Å². The number of ketones is 1. The van der Waals surface area contributed by atoms with Gasteiger partial charge in [0.05, 0.1) is 5.56 Å². The molecule has 1 amide bonds. The number of halogens is 1. The fraction of sp³-hybridized carbons (Fsp3) is 0.300. The zero-order chi connectivity index (χ0) is 19.6. The minimum absolute atomic E-state index is 0.172. The van der Waals surface area contributed by atoms with Gasteiger partial charge in [0.2, 0.25) is 5.91 Å². The molecule has 1 saturated carbocycles. The van der Waals surface area contributed by atoms with Gasteiger partial charge in [-0.25, -0.2) is 9.37 Å². The Balaban J connectivity index is 1.97. The predicted octanol–water partition coefficient (Wildman–Crippen LogP) is 3.72. The van der Waals surface area contributed by atoms with Crippen molar-refractivity contribution in [2.24, 2.45) is 0 Å². The van der Waals surface area contributed by atoms with Crippen molar-refractivity contribution in [1.82, 2.24) is 10.3 Å². The molecule has 0 aliphatic heterocycles. The summed E-state index contributed by atoms with van der Waals surface area (Å²) >= 11 is 1.13. The highest BCUT2D eigenvalue weighted by Crippen LogP contribution is 2.37. The maximum atomic E-state index is 13.3. The Morgan fingerprint density at radius 1 is 1.33 bits per heavy atom. The highest BCUT2D eigenvalue weighted by atomic mass is 32.2. The molecule has 3 rings (SSSR count). The van der Waals surface area contributed by atoms with Crippen molar-refractivity contribution in [3.8, 4) is 6.07 Å². The number of carbonyl (C=O) groups is 2. The van der Waals surface area contributed by atoms with Crippen LogP contribution in [0.25, 0.3) is 0 Å². The van der Waals surface area contributed by atoms with Crippen LogP contribution in [0, 0.1) is 24.1 Å². The molecule has 0 spiro atoms. The van der Waals surface area contributed by atoms with Gasteiger partial charge >= 0.3 is 0 Å². The van der Waals surface area contributed by atoms with E-state index in [2.05, 4.69) is 10.3 Å². The lowest BCUT2D eigenvalue weighted by Crippen LogP contribution is -2.29. The molecule has 0 saturated heterocycles. The summed E-state index contributed by atoms with van der Waals surface area (Å²) < 4.78 is 13.3. The van der Waals surface area contributed by atoms with E-state index in [4.69, 9.17) is 0 Å². The van der Waals surface area contributed by atoms with Crippen molar-refractivity contribution < 1.29 is 14.0 Å². The highest BCUT2D eigenvalue weighted by Gasteiger charge is 2.30. The smallest absolute Gasteiger partial charge is 0.238 e. The van der Waals surface area contributed by atoms with Gasteiger partial charge in [0, 0.05) is 17.3 Å². The lowest BCUT2D eigenvalue weighted by Gasteiger charge is -2.18. The van der Waals surface area contributed by atoms with Crippen molar-refractivity contribution in [2.75, 3.05) is 0 Å². The Morgan fingerprint density at radius 2 is 2.00 bits per heavy atom. The third-order valence-electron chi connectivity index (χ3n) is 4.24. The minimum atomic E-state index is -0.673. The number of nitrogens with one attached hydrogen (secondary N) is 1. The zero-order valence-corrected chi connectivity index (χ0v) is 15.8. The largest absolute Gasteiger partial charge is 0.352 e. The highest BCUT2D eigenvalue weighted by molar-refractivity contribution is 8.00. The summed E-state index contributed by atoms with van der Waals surface area (Å²) in [6.45, 7) is 3.11. The molecule has 2 aromatic rings. The van der Waals surface area contributed by atoms with E-state index in [0.29, 0.717) is 21.8 Å². The number of thioether (sulfide) groups is 1. The van der Waals surface area contributed by atoms with Gasteiger partial charge in [-0.05, 0) is 50.5 Å². The molecule has 5 nitrogen and oxygen atoms in total. The number of Topliss-reactive ketones (excluding diaryl/α,β-unsaturated/α-hetero) is 1.